The van der Waals surface area contributed by atoms with Crippen LogP contribution >= 0.6 is 0 Å². The molecule has 5 nitrogen and oxygen atoms in total. The lowest BCUT2D eigenvalue weighted by Gasteiger charge is -2.53. The Bertz CT molecular complexity index is 754. The van der Waals surface area contributed by atoms with Gasteiger partial charge in [-0.2, -0.15) is 5.06 Å². The molecule has 1 aromatic carbocycles. The smallest absolute Gasteiger partial charge is 0.192 e. The summed E-state index contributed by atoms with van der Waals surface area (Å²) in [6.07, 6.45) is 3.87. The number of hydrogen-bond acceptors (Lipinski definition) is 5. The summed E-state index contributed by atoms with van der Waals surface area (Å²) in [5.74, 6) is 0.135. The maximum atomic E-state index is 13.7. The van der Waals surface area contributed by atoms with Gasteiger partial charge >= 0.3 is 0 Å². The molecular weight excluding hydrogens is 394 g/mol. The minimum Gasteiger partial charge on any atom is -0.414 e. The van der Waals surface area contributed by atoms with Crippen molar-refractivity contribution in [2.24, 2.45) is 5.92 Å². The van der Waals surface area contributed by atoms with E-state index in [0.29, 0.717) is 19.8 Å². The van der Waals surface area contributed by atoms with E-state index in [9.17, 15) is 4.79 Å². The number of ether oxygens (including phenoxy) is 1. The third-order valence-corrected chi connectivity index (χ3v) is 12.3. The molecule has 3 atom stereocenters. The minimum atomic E-state index is -1.95. The van der Waals surface area contributed by atoms with Crippen molar-refractivity contribution >= 4 is 14.1 Å². The first-order valence-electron chi connectivity index (χ1n) is 11.4. The summed E-state index contributed by atoms with van der Waals surface area (Å²) >= 11 is 0. The van der Waals surface area contributed by atoms with Crippen LogP contribution in [-0.4, -0.2) is 50.1 Å². The first-order chi connectivity index (χ1) is 14.1. The zero-order valence-electron chi connectivity index (χ0n) is 19.1. The summed E-state index contributed by atoms with van der Waals surface area (Å²) in [6.45, 7) is 12.7. The number of rotatable bonds is 5. The second kappa shape index (κ2) is 8.13. The van der Waals surface area contributed by atoms with E-state index in [2.05, 4.69) is 46.0 Å². The SMILES string of the molecule is CC(C)(C)[Si](C)(C)OC[C@H]1OC2(CCCC2)[C@H]2CON(Cc3ccccc3)[C@@H]1C2=O. The molecule has 6 heteroatoms. The molecule has 2 heterocycles. The van der Waals surface area contributed by atoms with Crippen LogP contribution in [0.15, 0.2) is 30.3 Å². The summed E-state index contributed by atoms with van der Waals surface area (Å²) in [6, 6.07) is 9.79. The molecular formula is C24H37NO4Si. The van der Waals surface area contributed by atoms with Crippen molar-refractivity contribution in [2.45, 2.75) is 88.9 Å². The molecule has 0 amide bonds. The van der Waals surface area contributed by atoms with Crippen LogP contribution in [-0.2, 0) is 25.3 Å². The first-order valence-corrected chi connectivity index (χ1v) is 14.3. The maximum Gasteiger partial charge on any atom is 0.192 e. The molecule has 0 radical (unpaired) electrons. The number of benzene rings is 1. The van der Waals surface area contributed by atoms with Crippen molar-refractivity contribution in [3.05, 3.63) is 35.9 Å². The molecule has 1 aliphatic carbocycles. The van der Waals surface area contributed by atoms with Crippen molar-refractivity contribution in [3.8, 4) is 0 Å². The van der Waals surface area contributed by atoms with E-state index in [4.69, 9.17) is 14.0 Å². The molecule has 0 unspecified atom stereocenters. The highest BCUT2D eigenvalue weighted by atomic mass is 28.4. The molecule has 30 heavy (non-hydrogen) atoms. The van der Waals surface area contributed by atoms with Gasteiger partial charge in [0.1, 0.15) is 12.1 Å². The van der Waals surface area contributed by atoms with Crippen LogP contribution < -0.4 is 0 Å². The number of hydrogen-bond donors (Lipinski definition) is 0. The van der Waals surface area contributed by atoms with Crippen LogP contribution in [0.25, 0.3) is 0 Å². The first kappa shape index (κ1) is 22.2. The normalized spacial score (nSPS) is 29.5. The molecule has 3 aliphatic rings. The Hall–Kier alpha value is -1.05. The molecule has 0 aromatic heterocycles. The predicted molar refractivity (Wildman–Crippen MR) is 119 cm³/mol. The number of ketones is 1. The van der Waals surface area contributed by atoms with Crippen LogP contribution in [0.5, 0.6) is 0 Å². The number of nitrogens with zero attached hydrogens (tertiary/aromatic N) is 1. The van der Waals surface area contributed by atoms with E-state index in [1.807, 2.05) is 23.3 Å². The molecule has 1 aromatic rings. The van der Waals surface area contributed by atoms with E-state index >= 15 is 0 Å². The van der Waals surface area contributed by atoms with Crippen molar-refractivity contribution < 1.29 is 18.8 Å². The number of hydroxylamine groups is 2. The van der Waals surface area contributed by atoms with Crippen molar-refractivity contribution in [1.29, 1.82) is 0 Å². The van der Waals surface area contributed by atoms with Gasteiger partial charge in [0, 0.05) is 0 Å². The Labute approximate surface area is 182 Å². The Morgan fingerprint density at radius 1 is 1.17 bits per heavy atom. The zero-order valence-corrected chi connectivity index (χ0v) is 20.1. The van der Waals surface area contributed by atoms with Gasteiger partial charge in [0.2, 0.25) is 0 Å². The number of Topliss-reactive ketones (excluding diaryl/α,β-unsaturated/α-hetero) is 1. The van der Waals surface area contributed by atoms with Crippen LogP contribution in [0.4, 0.5) is 0 Å². The molecule has 1 spiro atoms. The predicted octanol–water partition coefficient (Wildman–Crippen LogP) is 4.72. The number of carbonyl (C=O) groups excluding carboxylic acids is 1. The van der Waals surface area contributed by atoms with Crippen molar-refractivity contribution in [2.75, 3.05) is 13.2 Å². The van der Waals surface area contributed by atoms with Gasteiger partial charge in [-0.15, -0.1) is 0 Å². The van der Waals surface area contributed by atoms with Gasteiger partial charge in [-0.05, 0) is 36.5 Å². The standard InChI is InChI=1S/C24H37NO4Si/c1-23(2,3)30(4,5)28-17-20-21-22(26)19(24(29-20)13-9-10-14-24)16-27-25(21)15-18-11-7-6-8-12-18/h6-8,11-12,19-21H,9-10,13-17H2,1-5H3/t19-,20+,21-/m0/s1. The summed E-state index contributed by atoms with van der Waals surface area (Å²) in [5.41, 5.74) is 0.780. The molecule has 2 saturated heterocycles. The van der Waals surface area contributed by atoms with Crippen LogP contribution in [0, 0.1) is 5.92 Å². The van der Waals surface area contributed by atoms with Crippen molar-refractivity contribution in [3.63, 3.8) is 0 Å². The molecule has 3 fully saturated rings. The molecule has 4 rings (SSSR count). The molecule has 2 bridgehead atoms. The fourth-order valence-corrected chi connectivity index (χ4v) is 5.90. The Balaban J connectivity index is 1.58. The Morgan fingerprint density at radius 3 is 2.47 bits per heavy atom. The second-order valence-electron chi connectivity index (χ2n) is 10.8. The quantitative estimate of drug-likeness (QED) is 0.631. The minimum absolute atomic E-state index is 0.117. The lowest BCUT2D eigenvalue weighted by molar-refractivity contribution is -0.301. The van der Waals surface area contributed by atoms with E-state index in [-0.39, 0.29) is 28.4 Å². The Morgan fingerprint density at radius 2 is 1.83 bits per heavy atom. The number of carbonyl (C=O) groups is 1. The van der Waals surface area contributed by atoms with Gasteiger partial charge in [0.25, 0.3) is 0 Å². The maximum absolute atomic E-state index is 13.7. The monoisotopic (exact) mass is 431 g/mol. The molecule has 1 saturated carbocycles. The van der Waals surface area contributed by atoms with Gasteiger partial charge in [-0.25, -0.2) is 0 Å². The fourth-order valence-electron chi connectivity index (χ4n) is 4.89. The fraction of sp³-hybridized carbons (Fsp3) is 0.708. The van der Waals surface area contributed by atoms with Gasteiger partial charge in [-0.3, -0.25) is 9.63 Å². The van der Waals surface area contributed by atoms with Gasteiger partial charge in [0.05, 0.1) is 31.3 Å². The average molecular weight is 432 g/mol. The third kappa shape index (κ3) is 4.05. The van der Waals surface area contributed by atoms with E-state index in [1.54, 1.807) is 0 Å². The van der Waals surface area contributed by atoms with E-state index in [0.717, 1.165) is 31.2 Å². The highest BCUT2D eigenvalue weighted by Crippen LogP contribution is 2.48. The Kier molecular flexibility index (Phi) is 6.01. The van der Waals surface area contributed by atoms with E-state index in [1.165, 1.54) is 0 Å². The average Bonchev–Trinajstić information content (AvgIpc) is 3.14. The highest BCUT2D eigenvalue weighted by molar-refractivity contribution is 6.74. The van der Waals surface area contributed by atoms with Crippen molar-refractivity contribution in [1.82, 2.24) is 5.06 Å². The summed E-state index contributed by atoms with van der Waals surface area (Å²) in [5, 5.41) is 1.97. The van der Waals surface area contributed by atoms with Gasteiger partial charge in [-0.1, -0.05) is 63.9 Å². The summed E-state index contributed by atoms with van der Waals surface area (Å²) in [7, 11) is -1.95. The topological polar surface area (TPSA) is 48.0 Å². The van der Waals surface area contributed by atoms with E-state index < -0.39 is 14.4 Å². The van der Waals surface area contributed by atoms with Crippen LogP contribution in [0.1, 0.15) is 52.0 Å². The summed E-state index contributed by atoms with van der Waals surface area (Å²) in [4.78, 5) is 19.9. The van der Waals surface area contributed by atoms with Gasteiger partial charge < -0.3 is 9.16 Å². The van der Waals surface area contributed by atoms with Crippen LogP contribution in [0.2, 0.25) is 18.1 Å². The lowest BCUT2D eigenvalue weighted by Crippen LogP contribution is -2.68. The third-order valence-electron chi connectivity index (χ3n) is 7.77. The second-order valence-corrected chi connectivity index (χ2v) is 15.6. The number of fused-ring (bicyclic) bond motifs is 3. The molecule has 0 N–H and O–H groups in total. The van der Waals surface area contributed by atoms with Gasteiger partial charge in [0.15, 0.2) is 14.1 Å². The lowest BCUT2D eigenvalue weighted by atomic mass is 9.75. The largest absolute Gasteiger partial charge is 0.414 e. The summed E-state index contributed by atoms with van der Waals surface area (Å²) < 4.78 is 13.4. The van der Waals surface area contributed by atoms with Crippen LogP contribution in [0.3, 0.4) is 0 Å². The highest BCUT2D eigenvalue weighted by Gasteiger charge is 2.59. The molecule has 2 aliphatic heterocycles. The molecule has 166 valence electrons. The zero-order chi connectivity index (χ0) is 21.6.